The third-order valence-corrected chi connectivity index (χ3v) is 5.25. The molecular weight excluding hydrogens is 583 g/mol. The number of allylic oxidation sites excluding steroid dienone is 1. The van der Waals surface area contributed by atoms with Crippen molar-refractivity contribution in [1.82, 2.24) is 5.32 Å². The molecule has 0 amide bonds. The highest BCUT2D eigenvalue weighted by Crippen LogP contribution is 2.10. The number of carbonyl (C=O) groups is 2. The Hall–Kier alpha value is -3.18. The molecule has 184 valence electrons. The first-order valence-electron chi connectivity index (χ1n) is 10.6. The summed E-state index contributed by atoms with van der Waals surface area (Å²) < 4.78 is 11.3. The number of esters is 2. The summed E-state index contributed by atoms with van der Waals surface area (Å²) in [5.41, 5.74) is 7.87. The number of benzene rings is 2. The number of halogens is 2. The van der Waals surface area contributed by atoms with Crippen LogP contribution in [0.25, 0.3) is 0 Å². The summed E-state index contributed by atoms with van der Waals surface area (Å²) >= 11 is 7.53. The van der Waals surface area contributed by atoms with E-state index in [1.165, 1.54) is 18.5 Å². The standard InChI is InChI=1S/C25H26ClIN4O4/c26-22(29)12-23(27)31-15-20(13-28)14-30-21(25(33)35-17-19-9-5-2-6-10-19)11-24(32)34-16-18-7-3-1-4-8-18/h1-10,12-14,21,29,31H,11,15-17,28H2/b20-13?,23-12-,29-22?,30-14?. The van der Waals surface area contributed by atoms with Crippen LogP contribution in [0.3, 0.4) is 0 Å². The van der Waals surface area contributed by atoms with Crippen LogP contribution >= 0.6 is 34.2 Å². The fraction of sp³-hybridized carbons (Fsp3) is 0.200. The normalized spacial score (nSPS) is 12.7. The lowest BCUT2D eigenvalue weighted by atomic mass is 10.2. The lowest BCUT2D eigenvalue weighted by molar-refractivity contribution is -0.153. The van der Waals surface area contributed by atoms with Crippen molar-refractivity contribution in [3.05, 3.63) is 93.3 Å². The smallest absolute Gasteiger partial charge is 0.331 e. The molecule has 2 aromatic rings. The van der Waals surface area contributed by atoms with Gasteiger partial charge in [-0.05, 0) is 33.7 Å². The van der Waals surface area contributed by atoms with Crippen LogP contribution in [0.15, 0.2) is 87.2 Å². The Kier molecular flexibility index (Phi) is 12.6. The molecule has 1 atom stereocenters. The van der Waals surface area contributed by atoms with Crippen LogP contribution in [-0.2, 0) is 32.3 Å². The highest BCUT2D eigenvalue weighted by Gasteiger charge is 2.23. The van der Waals surface area contributed by atoms with E-state index in [0.29, 0.717) is 9.28 Å². The van der Waals surface area contributed by atoms with Gasteiger partial charge in [-0.25, -0.2) is 4.79 Å². The number of aliphatic imine (C=N–C) groups is 1. The van der Waals surface area contributed by atoms with Crippen LogP contribution in [0.5, 0.6) is 0 Å². The SMILES string of the molecule is N=C(Cl)/C=C(/I)NCC(C=NC(CC(=O)OCc1ccccc1)C(=O)OCc1ccccc1)=CN. The second kappa shape index (κ2) is 15.7. The summed E-state index contributed by atoms with van der Waals surface area (Å²) in [4.78, 5) is 29.5. The van der Waals surface area contributed by atoms with E-state index >= 15 is 0 Å². The Bertz CT molecular complexity index is 1080. The van der Waals surface area contributed by atoms with Crippen molar-refractivity contribution in [3.8, 4) is 0 Å². The van der Waals surface area contributed by atoms with Gasteiger partial charge in [0.15, 0.2) is 6.04 Å². The van der Waals surface area contributed by atoms with Crippen LogP contribution in [0.1, 0.15) is 17.5 Å². The van der Waals surface area contributed by atoms with E-state index in [0.717, 1.165) is 11.1 Å². The number of ether oxygens (including phenoxy) is 2. The first kappa shape index (κ1) is 28.1. The first-order chi connectivity index (χ1) is 16.9. The van der Waals surface area contributed by atoms with Crippen molar-refractivity contribution < 1.29 is 19.1 Å². The molecule has 0 aliphatic rings. The van der Waals surface area contributed by atoms with Gasteiger partial charge in [-0.1, -0.05) is 72.3 Å². The third-order valence-electron chi connectivity index (χ3n) is 4.45. The molecule has 2 aromatic carbocycles. The molecule has 1 unspecified atom stereocenters. The maximum absolute atomic E-state index is 12.8. The van der Waals surface area contributed by atoms with Crippen LogP contribution in [-0.4, -0.2) is 35.9 Å². The van der Waals surface area contributed by atoms with Gasteiger partial charge in [0.2, 0.25) is 0 Å². The zero-order valence-electron chi connectivity index (χ0n) is 18.8. The zero-order chi connectivity index (χ0) is 25.5. The molecule has 35 heavy (non-hydrogen) atoms. The molecule has 0 aromatic heterocycles. The van der Waals surface area contributed by atoms with E-state index in [1.807, 2.05) is 83.3 Å². The van der Waals surface area contributed by atoms with Crippen LogP contribution < -0.4 is 11.1 Å². The number of nitrogens with two attached hydrogens (primary N) is 1. The van der Waals surface area contributed by atoms with Crippen molar-refractivity contribution in [2.45, 2.75) is 25.7 Å². The number of hydrogen-bond donors (Lipinski definition) is 3. The summed E-state index contributed by atoms with van der Waals surface area (Å²) in [5.74, 6) is -1.24. The maximum atomic E-state index is 12.8. The predicted molar refractivity (Wildman–Crippen MR) is 145 cm³/mol. The van der Waals surface area contributed by atoms with Gasteiger partial charge in [0.25, 0.3) is 0 Å². The number of rotatable bonds is 13. The van der Waals surface area contributed by atoms with E-state index in [2.05, 4.69) is 10.3 Å². The minimum atomic E-state index is -1.11. The molecule has 0 saturated heterocycles. The molecule has 0 fully saturated rings. The van der Waals surface area contributed by atoms with Gasteiger partial charge in [-0.2, -0.15) is 0 Å². The Morgan fingerprint density at radius 3 is 2.17 bits per heavy atom. The summed E-state index contributed by atoms with van der Waals surface area (Å²) in [6.45, 7) is 0.413. The molecule has 0 spiro atoms. The third kappa shape index (κ3) is 11.7. The predicted octanol–water partition coefficient (Wildman–Crippen LogP) is 4.23. The van der Waals surface area contributed by atoms with Gasteiger partial charge < -0.3 is 20.5 Å². The fourth-order valence-electron chi connectivity index (χ4n) is 2.66. The zero-order valence-corrected chi connectivity index (χ0v) is 21.7. The first-order valence-corrected chi connectivity index (χ1v) is 12.0. The van der Waals surface area contributed by atoms with E-state index < -0.39 is 18.0 Å². The molecular formula is C25H26ClIN4O4. The van der Waals surface area contributed by atoms with Crippen molar-refractivity contribution in [2.75, 3.05) is 6.54 Å². The summed E-state index contributed by atoms with van der Waals surface area (Å²) in [5, 5.41) is 10.2. The van der Waals surface area contributed by atoms with Gasteiger partial charge in [-0.15, -0.1) is 0 Å². The van der Waals surface area contributed by atoms with E-state index in [-0.39, 0.29) is 31.4 Å². The summed E-state index contributed by atoms with van der Waals surface area (Å²) in [7, 11) is 0. The van der Waals surface area contributed by atoms with Crippen molar-refractivity contribution in [3.63, 3.8) is 0 Å². The quantitative estimate of drug-likeness (QED) is 0.135. The largest absolute Gasteiger partial charge is 0.461 e. The van der Waals surface area contributed by atoms with Crippen molar-refractivity contribution in [2.24, 2.45) is 10.7 Å². The van der Waals surface area contributed by atoms with Crippen LogP contribution in [0.4, 0.5) is 0 Å². The molecule has 2 rings (SSSR count). The average molecular weight is 609 g/mol. The van der Waals surface area contributed by atoms with E-state index in [9.17, 15) is 9.59 Å². The number of carbonyl (C=O) groups excluding carboxylic acids is 2. The van der Waals surface area contributed by atoms with Crippen LogP contribution in [0.2, 0.25) is 0 Å². The number of hydrogen-bond acceptors (Lipinski definition) is 8. The molecule has 8 nitrogen and oxygen atoms in total. The molecule has 0 heterocycles. The molecule has 0 aliphatic carbocycles. The minimum absolute atomic E-state index is 0.0548. The van der Waals surface area contributed by atoms with Gasteiger partial charge in [0.1, 0.15) is 18.4 Å². The Balaban J connectivity index is 2.04. The second-order valence-electron chi connectivity index (χ2n) is 7.17. The van der Waals surface area contributed by atoms with Crippen molar-refractivity contribution >= 4 is 57.5 Å². The van der Waals surface area contributed by atoms with Crippen LogP contribution in [0, 0.1) is 5.41 Å². The summed E-state index contributed by atoms with van der Waals surface area (Å²) in [6.07, 6.45) is 3.87. The van der Waals surface area contributed by atoms with Crippen molar-refractivity contribution in [1.29, 1.82) is 5.41 Å². The van der Waals surface area contributed by atoms with Gasteiger partial charge >= 0.3 is 11.9 Å². The van der Waals surface area contributed by atoms with E-state index in [4.69, 9.17) is 32.2 Å². The Morgan fingerprint density at radius 2 is 1.63 bits per heavy atom. The average Bonchev–Trinajstić information content (AvgIpc) is 2.86. The van der Waals surface area contributed by atoms with Gasteiger partial charge in [-0.3, -0.25) is 15.2 Å². The van der Waals surface area contributed by atoms with Gasteiger partial charge in [0, 0.05) is 30.6 Å². The maximum Gasteiger partial charge on any atom is 0.331 e. The lowest BCUT2D eigenvalue weighted by Crippen LogP contribution is -2.26. The minimum Gasteiger partial charge on any atom is -0.461 e. The topological polar surface area (TPSA) is 127 Å². The molecule has 0 radical (unpaired) electrons. The highest BCUT2D eigenvalue weighted by atomic mass is 127. The lowest BCUT2D eigenvalue weighted by Gasteiger charge is -2.13. The molecule has 0 aliphatic heterocycles. The van der Waals surface area contributed by atoms with E-state index in [1.54, 1.807) is 0 Å². The number of nitrogens with zero attached hydrogens (tertiary/aromatic N) is 1. The molecule has 4 N–H and O–H groups in total. The van der Waals surface area contributed by atoms with Gasteiger partial charge in [0.05, 0.1) is 10.1 Å². The highest BCUT2D eigenvalue weighted by molar-refractivity contribution is 14.1. The number of nitrogens with one attached hydrogen (secondary N) is 2. The second-order valence-corrected chi connectivity index (χ2v) is 8.74. The Morgan fingerprint density at radius 1 is 1.06 bits per heavy atom. The molecule has 0 saturated carbocycles. The fourth-order valence-corrected chi connectivity index (χ4v) is 3.45. The summed E-state index contributed by atoms with van der Waals surface area (Å²) in [6, 6.07) is 17.3. The molecule has 10 heteroatoms. The monoisotopic (exact) mass is 608 g/mol. The Labute approximate surface area is 222 Å². The molecule has 0 bridgehead atoms.